The Morgan fingerprint density at radius 3 is 2.35 bits per heavy atom. The third-order valence-corrected chi connectivity index (χ3v) is 3.57. The number of carboxylic acids is 1. The van der Waals surface area contributed by atoms with Gasteiger partial charge < -0.3 is 14.8 Å². The summed E-state index contributed by atoms with van der Waals surface area (Å²) in [7, 11) is 0. The van der Waals surface area contributed by atoms with Crippen molar-refractivity contribution in [3.8, 4) is 11.3 Å². The zero-order valence-corrected chi connectivity index (χ0v) is 13.5. The summed E-state index contributed by atoms with van der Waals surface area (Å²) in [5, 5.41) is 11.5. The van der Waals surface area contributed by atoms with Crippen molar-refractivity contribution in [2.75, 3.05) is 0 Å². The van der Waals surface area contributed by atoms with Gasteiger partial charge in [-0.05, 0) is 24.3 Å². The van der Waals surface area contributed by atoms with Crippen LogP contribution in [0.15, 0.2) is 76.8 Å². The number of furan rings is 1. The van der Waals surface area contributed by atoms with E-state index >= 15 is 0 Å². The molecule has 26 heavy (non-hydrogen) atoms. The lowest BCUT2D eigenvalue weighted by molar-refractivity contribution is -0.132. The molecule has 5 nitrogen and oxygen atoms in total. The number of aliphatic carboxylic acids is 1. The molecule has 0 aliphatic carbocycles. The van der Waals surface area contributed by atoms with Crippen LogP contribution in [0.3, 0.4) is 0 Å². The smallest absolute Gasteiger partial charge is 0.352 e. The predicted molar refractivity (Wildman–Crippen MR) is 93.6 cm³/mol. The van der Waals surface area contributed by atoms with Crippen LogP contribution >= 0.6 is 0 Å². The molecule has 0 fully saturated rings. The minimum absolute atomic E-state index is 0.245. The van der Waals surface area contributed by atoms with Crippen molar-refractivity contribution >= 4 is 18.0 Å². The molecule has 2 N–H and O–H groups in total. The summed E-state index contributed by atoms with van der Waals surface area (Å²) >= 11 is 0. The Hall–Kier alpha value is -3.67. The van der Waals surface area contributed by atoms with Gasteiger partial charge in [0.25, 0.3) is 5.91 Å². The normalized spacial score (nSPS) is 11.2. The van der Waals surface area contributed by atoms with Crippen molar-refractivity contribution in [2.45, 2.75) is 0 Å². The van der Waals surface area contributed by atoms with Crippen molar-refractivity contribution in [3.05, 3.63) is 89.6 Å². The summed E-state index contributed by atoms with van der Waals surface area (Å²) < 4.78 is 19.3. The lowest BCUT2D eigenvalue weighted by atomic mass is 10.2. The van der Waals surface area contributed by atoms with E-state index in [2.05, 4.69) is 5.32 Å². The van der Waals surface area contributed by atoms with Crippen LogP contribution in [0.2, 0.25) is 0 Å². The van der Waals surface area contributed by atoms with Gasteiger partial charge >= 0.3 is 5.97 Å². The van der Waals surface area contributed by atoms with Crippen LogP contribution in [0.1, 0.15) is 16.1 Å². The monoisotopic (exact) mass is 351 g/mol. The summed E-state index contributed by atoms with van der Waals surface area (Å²) in [6, 6.07) is 17.9. The molecular formula is C20H14FNO4. The van der Waals surface area contributed by atoms with E-state index in [4.69, 9.17) is 4.42 Å². The Bertz CT molecular complexity index is 976. The van der Waals surface area contributed by atoms with E-state index in [1.165, 1.54) is 24.3 Å². The van der Waals surface area contributed by atoms with Crippen molar-refractivity contribution in [3.63, 3.8) is 0 Å². The van der Waals surface area contributed by atoms with E-state index in [-0.39, 0.29) is 11.3 Å². The van der Waals surface area contributed by atoms with Crippen molar-refractivity contribution in [2.24, 2.45) is 0 Å². The van der Waals surface area contributed by atoms with Crippen molar-refractivity contribution in [1.29, 1.82) is 0 Å². The van der Waals surface area contributed by atoms with Gasteiger partial charge in [-0.15, -0.1) is 0 Å². The highest BCUT2D eigenvalue weighted by molar-refractivity contribution is 6.02. The van der Waals surface area contributed by atoms with Crippen molar-refractivity contribution in [1.82, 2.24) is 5.32 Å². The van der Waals surface area contributed by atoms with E-state index in [0.29, 0.717) is 5.76 Å². The molecule has 3 rings (SSSR count). The first-order valence-electron chi connectivity index (χ1n) is 7.71. The van der Waals surface area contributed by atoms with E-state index in [0.717, 1.165) is 11.6 Å². The van der Waals surface area contributed by atoms with Gasteiger partial charge in [-0.1, -0.05) is 42.5 Å². The highest BCUT2D eigenvalue weighted by atomic mass is 19.1. The molecule has 0 atom stereocenters. The van der Waals surface area contributed by atoms with Crippen LogP contribution in [0.4, 0.5) is 4.39 Å². The van der Waals surface area contributed by atoms with Gasteiger partial charge in [-0.25, -0.2) is 9.18 Å². The molecule has 0 spiro atoms. The number of hydrogen-bond donors (Lipinski definition) is 2. The van der Waals surface area contributed by atoms with E-state index in [1.807, 2.05) is 30.3 Å². The molecule has 130 valence electrons. The summed E-state index contributed by atoms with van der Waals surface area (Å²) in [5.74, 6) is -2.16. The molecule has 0 radical (unpaired) electrons. The number of carbonyl (C=O) groups excluding carboxylic acids is 1. The second-order valence-electron chi connectivity index (χ2n) is 5.37. The van der Waals surface area contributed by atoms with Crippen LogP contribution in [0.25, 0.3) is 17.4 Å². The molecule has 0 saturated carbocycles. The Morgan fingerprint density at radius 1 is 0.962 bits per heavy atom. The highest BCUT2D eigenvalue weighted by Crippen LogP contribution is 2.23. The molecule has 0 unspecified atom stereocenters. The summed E-state index contributed by atoms with van der Waals surface area (Å²) in [6.45, 7) is 0. The number of carbonyl (C=O) groups is 2. The van der Waals surface area contributed by atoms with Gasteiger partial charge in [0.1, 0.15) is 23.0 Å². The quantitative estimate of drug-likeness (QED) is 0.683. The second kappa shape index (κ2) is 7.48. The number of hydrogen-bond acceptors (Lipinski definition) is 3. The Morgan fingerprint density at radius 2 is 1.65 bits per heavy atom. The van der Waals surface area contributed by atoms with Gasteiger partial charge in [0.2, 0.25) is 0 Å². The Balaban J connectivity index is 1.84. The van der Waals surface area contributed by atoms with Crippen molar-refractivity contribution < 1.29 is 23.5 Å². The molecule has 0 bridgehead atoms. The average molecular weight is 351 g/mol. The molecule has 0 aliphatic rings. The van der Waals surface area contributed by atoms with Crippen LogP contribution in [0, 0.1) is 5.82 Å². The first-order valence-corrected chi connectivity index (χ1v) is 7.71. The maximum atomic E-state index is 13.7. The zero-order chi connectivity index (χ0) is 18.5. The summed E-state index contributed by atoms with van der Waals surface area (Å²) in [6.07, 6.45) is 1.17. The minimum Gasteiger partial charge on any atom is -0.477 e. The van der Waals surface area contributed by atoms with E-state index in [1.54, 1.807) is 12.1 Å². The molecule has 6 heteroatoms. The molecule has 3 aromatic rings. The zero-order valence-electron chi connectivity index (χ0n) is 13.5. The summed E-state index contributed by atoms with van der Waals surface area (Å²) in [4.78, 5) is 23.5. The maximum absolute atomic E-state index is 13.7. The first kappa shape index (κ1) is 17.2. The van der Waals surface area contributed by atoms with Gasteiger partial charge in [0.05, 0.1) is 5.56 Å². The third-order valence-electron chi connectivity index (χ3n) is 3.57. The molecule has 1 heterocycles. The summed E-state index contributed by atoms with van der Waals surface area (Å²) in [5.41, 5.74) is 0.163. The Kier molecular flexibility index (Phi) is 4.94. The molecule has 1 amide bonds. The van der Waals surface area contributed by atoms with Crippen LogP contribution in [-0.4, -0.2) is 17.0 Å². The number of halogens is 1. The Labute approximate surface area is 148 Å². The largest absolute Gasteiger partial charge is 0.477 e. The van der Waals surface area contributed by atoms with E-state index < -0.39 is 23.4 Å². The highest BCUT2D eigenvalue weighted by Gasteiger charge is 2.17. The van der Waals surface area contributed by atoms with Crippen LogP contribution < -0.4 is 5.32 Å². The topological polar surface area (TPSA) is 79.5 Å². The van der Waals surface area contributed by atoms with Crippen LogP contribution in [-0.2, 0) is 4.79 Å². The molecule has 0 aliphatic heterocycles. The van der Waals surface area contributed by atoms with Gasteiger partial charge in [0.15, 0.2) is 0 Å². The third kappa shape index (κ3) is 3.87. The fourth-order valence-electron chi connectivity index (χ4n) is 2.32. The lowest BCUT2D eigenvalue weighted by Crippen LogP contribution is -2.27. The lowest BCUT2D eigenvalue weighted by Gasteiger charge is -2.06. The maximum Gasteiger partial charge on any atom is 0.352 e. The SMILES string of the molecule is O=C(O)C(=Cc1ccc(-c2ccccc2)o1)NC(=O)c1ccccc1F. The molecule has 1 aromatic heterocycles. The molecule has 2 aromatic carbocycles. The number of rotatable bonds is 5. The number of nitrogens with one attached hydrogen (secondary N) is 1. The fraction of sp³-hybridized carbons (Fsp3) is 0. The standard InChI is InChI=1S/C20H14FNO4/c21-16-9-5-4-8-15(16)19(23)22-17(20(24)25)12-14-10-11-18(26-14)13-6-2-1-3-7-13/h1-12H,(H,22,23)(H,24,25). The van der Waals surface area contributed by atoms with Gasteiger partial charge in [-0.3, -0.25) is 4.79 Å². The second-order valence-corrected chi connectivity index (χ2v) is 5.37. The predicted octanol–water partition coefficient (Wildman–Crippen LogP) is 3.94. The van der Waals surface area contributed by atoms with E-state index in [9.17, 15) is 19.1 Å². The minimum atomic E-state index is -1.37. The van der Waals surface area contributed by atoms with Gasteiger partial charge in [0, 0.05) is 11.6 Å². The fourth-order valence-corrected chi connectivity index (χ4v) is 2.32. The first-order chi connectivity index (χ1) is 12.5. The van der Waals surface area contributed by atoms with Crippen LogP contribution in [0.5, 0.6) is 0 Å². The number of amides is 1. The molecule has 0 saturated heterocycles. The number of carboxylic acid groups (broad SMARTS) is 1. The number of benzene rings is 2. The molecular weight excluding hydrogens is 337 g/mol. The average Bonchev–Trinajstić information content (AvgIpc) is 3.11. The van der Waals surface area contributed by atoms with Gasteiger partial charge in [-0.2, -0.15) is 0 Å².